The average Bonchev–Trinajstić information content (AvgIpc) is 2.84. The quantitative estimate of drug-likeness (QED) is 0.512. The molecule has 5 nitrogen and oxygen atoms in total. The van der Waals surface area contributed by atoms with Crippen molar-refractivity contribution in [2.24, 2.45) is 0 Å². The third-order valence-electron chi connectivity index (χ3n) is 3.40. The molecular formula is C16H13ClN2O3S2. The lowest BCUT2D eigenvalue weighted by atomic mass is 10.0. The second-order valence-electron chi connectivity index (χ2n) is 5.08. The summed E-state index contributed by atoms with van der Waals surface area (Å²) in [4.78, 5) is 32.0. The molecule has 0 radical (unpaired) electrons. The summed E-state index contributed by atoms with van der Waals surface area (Å²) in [6, 6.07) is 7.34. The van der Waals surface area contributed by atoms with E-state index >= 15 is 0 Å². The zero-order valence-corrected chi connectivity index (χ0v) is 15.0. The molecule has 2 N–H and O–H groups in total. The van der Waals surface area contributed by atoms with Crippen molar-refractivity contribution in [3.63, 3.8) is 0 Å². The molecule has 0 atom stereocenters. The fraction of sp³-hybridized carbons (Fsp3) is 0.188. The second-order valence-corrected chi connectivity index (χ2v) is 7.81. The third kappa shape index (κ3) is 3.48. The maximum absolute atomic E-state index is 12.5. The summed E-state index contributed by atoms with van der Waals surface area (Å²) in [6.07, 6.45) is 0.0197. The first kappa shape index (κ1) is 17.0. The van der Waals surface area contributed by atoms with Gasteiger partial charge in [-0.15, -0.1) is 11.3 Å². The Morgan fingerprint density at radius 1 is 1.38 bits per heavy atom. The van der Waals surface area contributed by atoms with Gasteiger partial charge in [0.25, 0.3) is 5.56 Å². The highest BCUT2D eigenvalue weighted by Gasteiger charge is 2.16. The van der Waals surface area contributed by atoms with Gasteiger partial charge in [-0.3, -0.25) is 9.59 Å². The number of H-pyrrole nitrogens is 1. The Labute approximate surface area is 150 Å². The molecule has 0 amide bonds. The third-order valence-corrected chi connectivity index (χ3v) is 5.53. The van der Waals surface area contributed by atoms with E-state index in [0.717, 1.165) is 16.0 Å². The van der Waals surface area contributed by atoms with Gasteiger partial charge in [0.05, 0.1) is 11.8 Å². The molecule has 0 bridgehead atoms. The number of hydrogen-bond acceptors (Lipinski definition) is 5. The maximum atomic E-state index is 12.5. The Kier molecular flexibility index (Phi) is 4.93. The second kappa shape index (κ2) is 6.96. The van der Waals surface area contributed by atoms with Gasteiger partial charge in [0, 0.05) is 21.2 Å². The molecule has 24 heavy (non-hydrogen) atoms. The van der Waals surface area contributed by atoms with E-state index in [1.807, 2.05) is 19.1 Å². The molecule has 0 aliphatic rings. The molecule has 0 fully saturated rings. The number of thioether (sulfide) groups is 1. The Bertz CT molecular complexity index is 964. The molecule has 0 aliphatic heterocycles. The highest BCUT2D eigenvalue weighted by molar-refractivity contribution is 7.99. The highest BCUT2D eigenvalue weighted by Crippen LogP contribution is 2.36. The number of aliphatic carboxylic acids is 1. The van der Waals surface area contributed by atoms with E-state index in [4.69, 9.17) is 16.7 Å². The number of hydrogen-bond donors (Lipinski definition) is 2. The molecule has 0 aliphatic carbocycles. The minimum Gasteiger partial charge on any atom is -0.481 e. The molecule has 2 heterocycles. The number of nitrogens with one attached hydrogen (secondary N) is 1. The summed E-state index contributed by atoms with van der Waals surface area (Å²) in [6.45, 7) is 1.95. The van der Waals surface area contributed by atoms with Crippen molar-refractivity contribution in [1.29, 1.82) is 0 Å². The molecule has 8 heteroatoms. The molecule has 3 aromatic rings. The summed E-state index contributed by atoms with van der Waals surface area (Å²) in [5.74, 6) is -0.513. The lowest BCUT2D eigenvalue weighted by Gasteiger charge is -2.03. The summed E-state index contributed by atoms with van der Waals surface area (Å²) < 4.78 is 0. The van der Waals surface area contributed by atoms with E-state index in [1.54, 1.807) is 12.1 Å². The number of aryl methyl sites for hydroxylation is 1. The van der Waals surface area contributed by atoms with Gasteiger partial charge in [-0.2, -0.15) is 0 Å². The highest BCUT2D eigenvalue weighted by atomic mass is 35.5. The van der Waals surface area contributed by atoms with Crippen LogP contribution in [0.4, 0.5) is 0 Å². The Morgan fingerprint density at radius 2 is 2.08 bits per heavy atom. The molecule has 1 aromatic carbocycles. The molecule has 3 rings (SSSR count). The van der Waals surface area contributed by atoms with Crippen molar-refractivity contribution >= 4 is 50.9 Å². The van der Waals surface area contributed by atoms with Gasteiger partial charge in [-0.05, 0) is 24.6 Å². The van der Waals surface area contributed by atoms with Crippen LogP contribution in [0.3, 0.4) is 0 Å². The summed E-state index contributed by atoms with van der Waals surface area (Å²) in [5.41, 5.74) is 1.57. The van der Waals surface area contributed by atoms with Crippen LogP contribution in [-0.4, -0.2) is 26.8 Å². The first-order valence-corrected chi connectivity index (χ1v) is 9.27. The van der Waals surface area contributed by atoms with Gasteiger partial charge in [0.1, 0.15) is 4.83 Å². The SMILES string of the molecule is Cc1sc2nc(SCCC(=O)O)[nH]c(=O)c2c1-c1ccc(Cl)cc1. The lowest BCUT2D eigenvalue weighted by Crippen LogP contribution is -2.09. The van der Waals surface area contributed by atoms with E-state index < -0.39 is 5.97 Å². The van der Waals surface area contributed by atoms with Crippen LogP contribution in [0.5, 0.6) is 0 Å². The smallest absolute Gasteiger partial charge is 0.304 e. The summed E-state index contributed by atoms with van der Waals surface area (Å²) >= 11 is 8.62. The van der Waals surface area contributed by atoms with Gasteiger partial charge < -0.3 is 10.1 Å². The average molecular weight is 381 g/mol. The van der Waals surface area contributed by atoms with Crippen LogP contribution in [0.15, 0.2) is 34.2 Å². The van der Waals surface area contributed by atoms with Crippen molar-refractivity contribution in [3.05, 3.63) is 44.5 Å². The first-order valence-electron chi connectivity index (χ1n) is 7.09. The predicted octanol–water partition coefficient (Wildman–Crippen LogP) is 4.18. The van der Waals surface area contributed by atoms with Crippen molar-refractivity contribution < 1.29 is 9.90 Å². The number of fused-ring (bicyclic) bond motifs is 1. The Balaban J connectivity index is 2.03. The van der Waals surface area contributed by atoms with Crippen LogP contribution in [0, 0.1) is 6.92 Å². The number of thiophene rings is 1. The van der Waals surface area contributed by atoms with E-state index in [-0.39, 0.29) is 12.0 Å². The number of aromatic nitrogens is 2. The van der Waals surface area contributed by atoms with Crippen molar-refractivity contribution in [1.82, 2.24) is 9.97 Å². The summed E-state index contributed by atoms with van der Waals surface area (Å²) in [5, 5.41) is 10.3. The Morgan fingerprint density at radius 3 is 2.75 bits per heavy atom. The van der Waals surface area contributed by atoms with Crippen molar-refractivity contribution in [2.75, 3.05) is 5.75 Å². The van der Waals surface area contributed by atoms with Gasteiger partial charge in [-0.25, -0.2) is 4.98 Å². The van der Waals surface area contributed by atoms with Crippen LogP contribution >= 0.6 is 34.7 Å². The standard InChI is InChI=1S/C16H13ClN2O3S2/c1-8-12(9-2-4-10(17)5-3-9)13-14(22)18-16(19-15(13)24-8)23-7-6-11(20)21/h2-5H,6-7H2,1H3,(H,20,21)(H,18,19,22). The van der Waals surface area contributed by atoms with Crippen LogP contribution in [0.25, 0.3) is 21.3 Å². The molecule has 2 aromatic heterocycles. The number of rotatable bonds is 5. The number of carbonyl (C=O) groups is 1. The number of benzene rings is 1. The largest absolute Gasteiger partial charge is 0.481 e. The van der Waals surface area contributed by atoms with Crippen molar-refractivity contribution in [2.45, 2.75) is 18.5 Å². The van der Waals surface area contributed by atoms with Crippen LogP contribution in [-0.2, 0) is 4.79 Å². The predicted molar refractivity (Wildman–Crippen MR) is 98.4 cm³/mol. The van der Waals surface area contributed by atoms with E-state index in [9.17, 15) is 9.59 Å². The topological polar surface area (TPSA) is 83.0 Å². The Hall–Kier alpha value is -1.83. The fourth-order valence-corrected chi connectivity index (χ4v) is 4.39. The number of aromatic amines is 1. The van der Waals surface area contributed by atoms with Crippen molar-refractivity contribution in [3.8, 4) is 11.1 Å². The fourth-order valence-electron chi connectivity index (χ4n) is 2.37. The van der Waals surface area contributed by atoms with Crippen LogP contribution in [0.1, 0.15) is 11.3 Å². The van der Waals surface area contributed by atoms with Crippen LogP contribution < -0.4 is 5.56 Å². The van der Waals surface area contributed by atoms with Crippen LogP contribution in [0.2, 0.25) is 5.02 Å². The van der Waals surface area contributed by atoms with Gasteiger partial charge in [0.15, 0.2) is 5.16 Å². The number of carboxylic acid groups (broad SMARTS) is 1. The minimum atomic E-state index is -0.872. The molecule has 0 unspecified atom stereocenters. The lowest BCUT2D eigenvalue weighted by molar-refractivity contribution is -0.136. The number of nitrogens with zero attached hydrogens (tertiary/aromatic N) is 1. The van der Waals surface area contributed by atoms with E-state index in [0.29, 0.717) is 26.1 Å². The minimum absolute atomic E-state index is 0.0197. The zero-order valence-electron chi connectivity index (χ0n) is 12.6. The molecule has 0 saturated heterocycles. The normalized spacial score (nSPS) is 11.1. The van der Waals surface area contributed by atoms with E-state index in [1.165, 1.54) is 23.1 Å². The van der Waals surface area contributed by atoms with Gasteiger partial charge in [0.2, 0.25) is 0 Å². The first-order chi connectivity index (χ1) is 11.5. The molecule has 124 valence electrons. The zero-order chi connectivity index (χ0) is 17.3. The monoisotopic (exact) mass is 380 g/mol. The van der Waals surface area contributed by atoms with E-state index in [2.05, 4.69) is 9.97 Å². The number of halogens is 1. The molecular weight excluding hydrogens is 368 g/mol. The van der Waals surface area contributed by atoms with Gasteiger partial charge in [-0.1, -0.05) is 35.5 Å². The number of carboxylic acids is 1. The summed E-state index contributed by atoms with van der Waals surface area (Å²) in [7, 11) is 0. The maximum Gasteiger partial charge on any atom is 0.304 e. The molecule has 0 spiro atoms. The molecule has 0 saturated carbocycles. The van der Waals surface area contributed by atoms with Gasteiger partial charge >= 0.3 is 5.97 Å².